The number of hydrogen-bond donors (Lipinski definition) is 2. The Bertz CT molecular complexity index is 507. The highest BCUT2D eigenvalue weighted by molar-refractivity contribution is 14.0. The number of hydrogen-bond acceptors (Lipinski definition) is 2. The third-order valence-corrected chi connectivity index (χ3v) is 3.76. The van der Waals surface area contributed by atoms with E-state index in [0.29, 0.717) is 18.5 Å². The average Bonchev–Trinajstić information content (AvgIpc) is 2.54. The van der Waals surface area contributed by atoms with Crippen molar-refractivity contribution in [3.63, 3.8) is 0 Å². The summed E-state index contributed by atoms with van der Waals surface area (Å²) >= 11 is 0. The van der Waals surface area contributed by atoms with Crippen molar-refractivity contribution in [1.29, 1.82) is 0 Å². The Labute approximate surface area is 161 Å². The highest BCUT2D eigenvalue weighted by atomic mass is 127. The van der Waals surface area contributed by atoms with Crippen LogP contribution in [0.2, 0.25) is 0 Å². The van der Waals surface area contributed by atoms with Crippen LogP contribution in [0.3, 0.4) is 0 Å². The molecule has 0 aliphatic rings. The van der Waals surface area contributed by atoms with Crippen LogP contribution in [0, 0.1) is 11.6 Å². The molecule has 1 aromatic carbocycles. The van der Waals surface area contributed by atoms with Crippen molar-refractivity contribution >= 4 is 29.9 Å². The summed E-state index contributed by atoms with van der Waals surface area (Å²) < 4.78 is 26.8. The fraction of sp³-hybridized carbons (Fsp3) is 0.588. The van der Waals surface area contributed by atoms with Crippen LogP contribution in [0.5, 0.6) is 0 Å². The molecule has 0 spiro atoms. The molecule has 0 amide bonds. The van der Waals surface area contributed by atoms with Crippen molar-refractivity contribution < 1.29 is 8.78 Å². The predicted molar refractivity (Wildman–Crippen MR) is 107 cm³/mol. The number of likely N-dealkylation sites (N-methyl/N-ethyl adjacent to an activating group) is 1. The van der Waals surface area contributed by atoms with Crippen LogP contribution in [-0.4, -0.2) is 43.1 Å². The first-order chi connectivity index (χ1) is 11.0. The van der Waals surface area contributed by atoms with Gasteiger partial charge in [-0.15, -0.1) is 24.0 Å². The number of nitrogens with one attached hydrogen (secondary N) is 2. The standard InChI is InChI=1S/C17H28F2N4.HI/c1-5-20-17(21-11-13(4)23(6-2)7-3)22-12-14-10-15(18)8-9-16(14)19;/h8-10,13H,5-7,11-12H2,1-4H3,(H2,20,21,22);1H. The van der Waals surface area contributed by atoms with Crippen LogP contribution >= 0.6 is 24.0 Å². The van der Waals surface area contributed by atoms with Crippen molar-refractivity contribution in [2.45, 2.75) is 40.3 Å². The number of nitrogens with zero attached hydrogens (tertiary/aromatic N) is 2. The molecule has 0 saturated carbocycles. The molecule has 1 rings (SSSR count). The Kier molecular flexibility index (Phi) is 11.9. The van der Waals surface area contributed by atoms with Gasteiger partial charge in [-0.25, -0.2) is 13.8 Å². The molecular formula is C17H29F2IN4. The van der Waals surface area contributed by atoms with Crippen molar-refractivity contribution in [2.24, 2.45) is 4.99 Å². The van der Waals surface area contributed by atoms with Crippen LogP contribution in [0.25, 0.3) is 0 Å². The van der Waals surface area contributed by atoms with Crippen molar-refractivity contribution in [2.75, 3.05) is 26.2 Å². The van der Waals surface area contributed by atoms with E-state index in [0.717, 1.165) is 31.8 Å². The molecule has 7 heteroatoms. The van der Waals surface area contributed by atoms with Crippen LogP contribution in [-0.2, 0) is 6.54 Å². The van der Waals surface area contributed by atoms with Gasteiger partial charge in [-0.05, 0) is 45.1 Å². The first-order valence-electron chi connectivity index (χ1n) is 8.21. The molecular weight excluding hydrogens is 425 g/mol. The Hall–Kier alpha value is -0.960. The summed E-state index contributed by atoms with van der Waals surface area (Å²) in [4.78, 5) is 6.67. The van der Waals surface area contributed by atoms with Gasteiger partial charge in [0.1, 0.15) is 11.6 Å². The van der Waals surface area contributed by atoms with Gasteiger partial charge in [0.15, 0.2) is 5.96 Å². The monoisotopic (exact) mass is 454 g/mol. The van der Waals surface area contributed by atoms with E-state index in [9.17, 15) is 8.78 Å². The van der Waals surface area contributed by atoms with Crippen molar-refractivity contribution in [3.8, 4) is 0 Å². The summed E-state index contributed by atoms with van der Waals surface area (Å²) in [7, 11) is 0. The molecule has 0 fully saturated rings. The average molecular weight is 454 g/mol. The Morgan fingerprint density at radius 2 is 1.83 bits per heavy atom. The lowest BCUT2D eigenvalue weighted by Gasteiger charge is -2.27. The molecule has 0 aromatic heterocycles. The number of guanidine groups is 1. The number of halogens is 3. The minimum Gasteiger partial charge on any atom is -0.357 e. The van der Waals surface area contributed by atoms with Crippen LogP contribution < -0.4 is 10.6 Å². The zero-order valence-electron chi connectivity index (χ0n) is 14.9. The van der Waals surface area contributed by atoms with E-state index in [2.05, 4.69) is 41.3 Å². The topological polar surface area (TPSA) is 39.7 Å². The first kappa shape index (κ1) is 23.0. The van der Waals surface area contributed by atoms with Gasteiger partial charge in [-0.1, -0.05) is 13.8 Å². The lowest BCUT2D eigenvalue weighted by molar-refractivity contribution is 0.231. The molecule has 1 aromatic rings. The van der Waals surface area contributed by atoms with Crippen molar-refractivity contribution in [1.82, 2.24) is 15.5 Å². The summed E-state index contributed by atoms with van der Waals surface area (Å²) in [6.07, 6.45) is 0. The summed E-state index contributed by atoms with van der Waals surface area (Å²) in [6.45, 7) is 11.9. The zero-order chi connectivity index (χ0) is 17.2. The fourth-order valence-electron chi connectivity index (χ4n) is 2.39. The second-order valence-electron chi connectivity index (χ2n) is 5.38. The maximum atomic E-state index is 13.6. The third kappa shape index (κ3) is 7.74. The van der Waals surface area contributed by atoms with Gasteiger partial charge in [0.25, 0.3) is 0 Å². The van der Waals surface area contributed by atoms with Crippen LogP contribution in [0.15, 0.2) is 23.2 Å². The minimum absolute atomic E-state index is 0. The van der Waals surface area contributed by atoms with Gasteiger partial charge in [0.05, 0.1) is 6.54 Å². The Morgan fingerprint density at radius 1 is 1.17 bits per heavy atom. The molecule has 24 heavy (non-hydrogen) atoms. The van der Waals surface area contributed by atoms with Gasteiger partial charge in [-0.3, -0.25) is 4.90 Å². The van der Waals surface area contributed by atoms with E-state index in [1.807, 2.05) is 6.92 Å². The molecule has 2 N–H and O–H groups in total. The molecule has 0 saturated heterocycles. The predicted octanol–water partition coefficient (Wildman–Crippen LogP) is 3.37. The Balaban J connectivity index is 0.00000529. The van der Waals surface area contributed by atoms with Gasteiger partial charge < -0.3 is 10.6 Å². The highest BCUT2D eigenvalue weighted by Gasteiger charge is 2.10. The fourth-order valence-corrected chi connectivity index (χ4v) is 2.39. The van der Waals surface area contributed by atoms with E-state index in [1.165, 1.54) is 6.07 Å². The summed E-state index contributed by atoms with van der Waals surface area (Å²) in [5.74, 6) is -0.289. The maximum absolute atomic E-state index is 13.6. The van der Waals surface area contributed by atoms with Gasteiger partial charge in [0, 0.05) is 24.7 Å². The van der Waals surface area contributed by atoms with E-state index >= 15 is 0 Å². The summed E-state index contributed by atoms with van der Waals surface area (Å²) in [5, 5.41) is 6.38. The number of benzene rings is 1. The zero-order valence-corrected chi connectivity index (χ0v) is 17.2. The third-order valence-electron chi connectivity index (χ3n) is 3.76. The second kappa shape index (κ2) is 12.4. The molecule has 0 bridgehead atoms. The maximum Gasteiger partial charge on any atom is 0.191 e. The molecule has 1 atom stereocenters. The van der Waals surface area contributed by atoms with Crippen LogP contribution in [0.1, 0.15) is 33.3 Å². The quantitative estimate of drug-likeness (QED) is 0.360. The molecule has 138 valence electrons. The van der Waals surface area contributed by atoms with E-state index in [-0.39, 0.29) is 36.1 Å². The number of aliphatic imine (C=N–C) groups is 1. The lowest BCUT2D eigenvalue weighted by atomic mass is 10.2. The van der Waals surface area contributed by atoms with Crippen LogP contribution in [0.4, 0.5) is 8.78 Å². The van der Waals surface area contributed by atoms with E-state index in [1.54, 1.807) is 0 Å². The lowest BCUT2D eigenvalue weighted by Crippen LogP contribution is -2.46. The van der Waals surface area contributed by atoms with Crippen molar-refractivity contribution in [3.05, 3.63) is 35.4 Å². The Morgan fingerprint density at radius 3 is 2.42 bits per heavy atom. The van der Waals surface area contributed by atoms with E-state index < -0.39 is 11.6 Å². The second-order valence-corrected chi connectivity index (χ2v) is 5.38. The normalized spacial score (nSPS) is 12.7. The summed E-state index contributed by atoms with van der Waals surface area (Å²) in [5.41, 5.74) is 0.249. The number of rotatable bonds is 8. The van der Waals surface area contributed by atoms with Gasteiger partial charge in [0.2, 0.25) is 0 Å². The minimum atomic E-state index is -0.454. The van der Waals surface area contributed by atoms with E-state index in [4.69, 9.17) is 0 Å². The molecule has 0 radical (unpaired) electrons. The van der Waals surface area contributed by atoms with Gasteiger partial charge >= 0.3 is 0 Å². The van der Waals surface area contributed by atoms with Gasteiger partial charge in [-0.2, -0.15) is 0 Å². The molecule has 0 aliphatic heterocycles. The first-order valence-corrected chi connectivity index (χ1v) is 8.21. The largest absolute Gasteiger partial charge is 0.357 e. The smallest absolute Gasteiger partial charge is 0.191 e. The molecule has 0 heterocycles. The highest BCUT2D eigenvalue weighted by Crippen LogP contribution is 2.10. The molecule has 1 unspecified atom stereocenters. The molecule has 0 aliphatic carbocycles. The SMILES string of the molecule is CCNC(=NCc1cc(F)ccc1F)NCC(C)N(CC)CC.I. The summed E-state index contributed by atoms with van der Waals surface area (Å²) in [6, 6.07) is 3.78. The molecule has 4 nitrogen and oxygen atoms in total.